The van der Waals surface area contributed by atoms with Gasteiger partial charge in [0.15, 0.2) is 0 Å². The van der Waals surface area contributed by atoms with E-state index in [1.807, 2.05) is 0 Å². The topological polar surface area (TPSA) is 0 Å². The standard InChI is InChI=1S/C10H9BrF3I/c11-7-4-5-9(15(13)14)10-6(7)2-1-3-8(10)12/h4-5,8H,1-3H2. The average Bonchev–Trinajstić information content (AvgIpc) is 2.19. The Balaban J connectivity index is 2.60. The predicted molar refractivity (Wildman–Crippen MR) is 65.9 cm³/mol. The van der Waals surface area contributed by atoms with Gasteiger partial charge >= 0.3 is 104 Å². The Kier molecular flexibility index (Phi) is 3.59. The molecule has 0 saturated heterocycles. The van der Waals surface area contributed by atoms with Crippen LogP contribution in [0.25, 0.3) is 0 Å². The van der Waals surface area contributed by atoms with Crippen molar-refractivity contribution in [2.24, 2.45) is 0 Å². The van der Waals surface area contributed by atoms with Crippen LogP contribution in [0.3, 0.4) is 0 Å². The molecule has 0 bridgehead atoms. The second-order valence-corrected chi connectivity index (χ2v) is 6.62. The first-order valence-electron chi connectivity index (χ1n) is 4.59. The fourth-order valence-corrected chi connectivity index (χ4v) is 4.03. The van der Waals surface area contributed by atoms with Gasteiger partial charge < -0.3 is 0 Å². The molecule has 0 spiro atoms. The summed E-state index contributed by atoms with van der Waals surface area (Å²) in [5.41, 5.74) is 1.04. The van der Waals surface area contributed by atoms with Crippen LogP contribution in [0.2, 0.25) is 0 Å². The van der Waals surface area contributed by atoms with Gasteiger partial charge in [-0.05, 0) is 0 Å². The van der Waals surface area contributed by atoms with Crippen molar-refractivity contribution in [2.75, 3.05) is 0 Å². The molecule has 15 heavy (non-hydrogen) atoms. The molecule has 0 fully saturated rings. The molecule has 1 aromatic rings. The van der Waals surface area contributed by atoms with Crippen LogP contribution in [0.5, 0.6) is 0 Å². The number of halogens is 5. The quantitative estimate of drug-likeness (QED) is 0.573. The normalized spacial score (nSPS) is 21.1. The van der Waals surface area contributed by atoms with Crippen LogP contribution in [-0.2, 0) is 6.42 Å². The molecule has 0 saturated carbocycles. The maximum atomic E-state index is 13.6. The van der Waals surface area contributed by atoms with Gasteiger partial charge in [0.25, 0.3) is 0 Å². The van der Waals surface area contributed by atoms with Crippen molar-refractivity contribution in [1.29, 1.82) is 0 Å². The Morgan fingerprint density at radius 1 is 1.33 bits per heavy atom. The number of hydrogen-bond donors (Lipinski definition) is 0. The number of alkyl halides is 1. The van der Waals surface area contributed by atoms with E-state index >= 15 is 0 Å². The van der Waals surface area contributed by atoms with Gasteiger partial charge in [0.05, 0.1) is 0 Å². The summed E-state index contributed by atoms with van der Waals surface area (Å²) in [6.07, 6.45) is 0.616. The van der Waals surface area contributed by atoms with Crippen LogP contribution in [0, 0.1) is 3.57 Å². The Bertz CT molecular complexity index is 381. The van der Waals surface area contributed by atoms with Crippen LogP contribution < -0.4 is 0 Å². The average molecular weight is 393 g/mol. The third kappa shape index (κ3) is 2.18. The minimum absolute atomic E-state index is 0.00426. The maximum absolute atomic E-state index is 13.6. The van der Waals surface area contributed by atoms with Crippen LogP contribution in [0.1, 0.15) is 30.1 Å². The molecule has 0 N–H and O–H groups in total. The van der Waals surface area contributed by atoms with E-state index in [9.17, 15) is 10.1 Å². The summed E-state index contributed by atoms with van der Waals surface area (Å²) in [4.78, 5) is 0. The summed E-state index contributed by atoms with van der Waals surface area (Å²) in [5, 5.41) is 0. The summed E-state index contributed by atoms with van der Waals surface area (Å²) in [7, 11) is 0. The van der Waals surface area contributed by atoms with Gasteiger partial charge in [0.2, 0.25) is 0 Å². The first-order chi connectivity index (χ1) is 7.11. The number of fused-ring (bicyclic) bond motifs is 1. The van der Waals surface area contributed by atoms with Crippen molar-refractivity contribution < 1.29 is 10.1 Å². The van der Waals surface area contributed by atoms with Gasteiger partial charge in [-0.2, -0.15) is 0 Å². The molecule has 0 aliphatic heterocycles. The zero-order valence-electron chi connectivity index (χ0n) is 7.74. The van der Waals surface area contributed by atoms with E-state index < -0.39 is 27.1 Å². The van der Waals surface area contributed by atoms with E-state index in [-0.39, 0.29) is 9.13 Å². The molecule has 1 atom stereocenters. The van der Waals surface area contributed by atoms with Crippen molar-refractivity contribution in [3.8, 4) is 0 Å². The Morgan fingerprint density at radius 2 is 2.07 bits per heavy atom. The molecular formula is C10H9BrF3I. The van der Waals surface area contributed by atoms with Crippen molar-refractivity contribution in [3.05, 3.63) is 31.3 Å². The van der Waals surface area contributed by atoms with E-state index in [4.69, 9.17) is 0 Å². The fraction of sp³-hybridized carbons (Fsp3) is 0.400. The van der Waals surface area contributed by atoms with Crippen molar-refractivity contribution in [1.82, 2.24) is 0 Å². The SMILES string of the molecule is FC1CCCc2c(Br)ccc(I(F)F)c21. The molecular weight excluding hydrogens is 384 g/mol. The summed E-state index contributed by atoms with van der Waals surface area (Å²) >= 11 is -0.784. The molecule has 1 aromatic carbocycles. The van der Waals surface area contributed by atoms with Crippen LogP contribution in [0.15, 0.2) is 16.6 Å². The van der Waals surface area contributed by atoms with Gasteiger partial charge in [-0.25, -0.2) is 0 Å². The monoisotopic (exact) mass is 392 g/mol. The van der Waals surface area contributed by atoms with Crippen LogP contribution in [0.4, 0.5) is 10.1 Å². The molecule has 0 heterocycles. The van der Waals surface area contributed by atoms with E-state index in [2.05, 4.69) is 15.9 Å². The summed E-state index contributed by atoms with van der Waals surface area (Å²) in [6, 6.07) is 3.00. The van der Waals surface area contributed by atoms with E-state index in [0.29, 0.717) is 12.8 Å². The molecule has 0 nitrogen and oxygen atoms in total. The first-order valence-corrected chi connectivity index (χ1v) is 8.10. The summed E-state index contributed by atoms with van der Waals surface area (Å²) in [6.45, 7) is 0. The minimum atomic E-state index is -4.08. The van der Waals surface area contributed by atoms with Crippen LogP contribution >= 0.6 is 36.9 Å². The molecule has 0 aromatic heterocycles. The molecule has 84 valence electrons. The van der Waals surface area contributed by atoms with Crippen LogP contribution in [-0.4, -0.2) is 0 Å². The second-order valence-electron chi connectivity index (χ2n) is 3.48. The summed E-state index contributed by atoms with van der Waals surface area (Å²) in [5.74, 6) is 0. The third-order valence-electron chi connectivity index (χ3n) is 2.60. The first kappa shape index (κ1) is 11.7. The van der Waals surface area contributed by atoms with Gasteiger partial charge in [-0.1, -0.05) is 0 Å². The van der Waals surface area contributed by atoms with Gasteiger partial charge in [0.1, 0.15) is 0 Å². The number of hydrogen-bond acceptors (Lipinski definition) is 0. The van der Waals surface area contributed by atoms with Gasteiger partial charge in [0, 0.05) is 0 Å². The zero-order valence-corrected chi connectivity index (χ0v) is 11.5. The number of benzene rings is 1. The van der Waals surface area contributed by atoms with E-state index in [1.54, 1.807) is 6.07 Å². The van der Waals surface area contributed by atoms with Gasteiger partial charge in [-0.3, -0.25) is 0 Å². The van der Waals surface area contributed by atoms with Gasteiger partial charge in [-0.15, -0.1) is 0 Å². The zero-order chi connectivity index (χ0) is 11.0. The Morgan fingerprint density at radius 3 is 2.73 bits per heavy atom. The van der Waals surface area contributed by atoms with Crippen molar-refractivity contribution in [3.63, 3.8) is 0 Å². The van der Waals surface area contributed by atoms with E-state index in [1.165, 1.54) is 6.07 Å². The fourth-order valence-electron chi connectivity index (χ4n) is 1.93. The molecule has 5 heteroatoms. The second kappa shape index (κ2) is 4.61. The van der Waals surface area contributed by atoms with E-state index in [0.717, 1.165) is 16.5 Å². The predicted octanol–water partition coefficient (Wildman–Crippen LogP) is 5.24. The van der Waals surface area contributed by atoms with Crippen molar-refractivity contribution in [2.45, 2.75) is 25.4 Å². The Labute approximate surface area is 103 Å². The van der Waals surface area contributed by atoms with Crippen molar-refractivity contribution >= 4 is 36.9 Å². The molecule has 1 aliphatic rings. The number of rotatable bonds is 1. The molecule has 0 radical (unpaired) electrons. The molecule has 1 aliphatic carbocycles. The third-order valence-corrected chi connectivity index (χ3v) is 5.16. The molecule has 1 unspecified atom stereocenters. The summed E-state index contributed by atoms with van der Waals surface area (Å²) < 4.78 is 40.1. The molecule has 0 amide bonds. The Hall–Kier alpha value is 0.220. The molecule has 2 rings (SSSR count).